The molecule has 0 heterocycles. The fraction of sp³-hybridized carbons (Fsp3) is 0.350. The lowest BCUT2D eigenvalue weighted by molar-refractivity contribution is -0.116. The summed E-state index contributed by atoms with van der Waals surface area (Å²) in [6.07, 6.45) is 1.52. The lowest BCUT2D eigenvalue weighted by Gasteiger charge is -2.21. The van der Waals surface area contributed by atoms with E-state index in [2.05, 4.69) is 5.32 Å². The molecule has 146 valence electrons. The van der Waals surface area contributed by atoms with E-state index in [0.717, 1.165) is 46.1 Å². The monoisotopic (exact) mass is 392 g/mol. The van der Waals surface area contributed by atoms with E-state index in [-0.39, 0.29) is 18.0 Å². The molecule has 27 heavy (non-hydrogen) atoms. The molecule has 0 saturated carbocycles. The van der Waals surface area contributed by atoms with Crippen molar-refractivity contribution in [3.05, 3.63) is 59.4 Å². The van der Waals surface area contributed by atoms with Crippen LogP contribution in [0.1, 0.15) is 31.9 Å². The van der Waals surface area contributed by atoms with E-state index >= 15 is 0 Å². The lowest BCUT2D eigenvalue weighted by atomic mass is 10.0. The number of para-hydroxylation sites is 1. The molecule has 1 N–H and O–H groups in total. The number of amides is 1. The van der Waals surface area contributed by atoms with Gasteiger partial charge in [0.1, 0.15) is 5.82 Å². The first-order chi connectivity index (χ1) is 12.8. The van der Waals surface area contributed by atoms with Crippen LogP contribution in [0.2, 0.25) is 0 Å². The predicted molar refractivity (Wildman–Crippen MR) is 105 cm³/mol. The van der Waals surface area contributed by atoms with E-state index < -0.39 is 21.7 Å². The normalized spacial score (nSPS) is 11.6. The Kier molecular flexibility index (Phi) is 7.10. The SMILES string of the molecule is CCc1cccc(CC)c1NC(=O)CN(CC)S(=O)(=O)c1ccc(F)cc1. The second-order valence-corrected chi connectivity index (χ2v) is 8.03. The standard InChI is InChI=1S/C20H25FN2O3S/c1-4-15-8-7-9-16(5-2)20(15)22-19(24)14-23(6-3)27(25,26)18-12-10-17(21)11-13-18/h7-13H,4-6,14H2,1-3H3,(H,22,24). The number of hydrogen-bond donors (Lipinski definition) is 1. The number of sulfonamides is 1. The number of halogens is 1. The first-order valence-corrected chi connectivity index (χ1v) is 10.4. The van der Waals surface area contributed by atoms with Crippen molar-refractivity contribution in [2.24, 2.45) is 0 Å². The second kappa shape index (κ2) is 9.10. The summed E-state index contributed by atoms with van der Waals surface area (Å²) in [5.41, 5.74) is 2.77. The van der Waals surface area contributed by atoms with Crippen molar-refractivity contribution < 1.29 is 17.6 Å². The number of likely N-dealkylation sites (N-methyl/N-ethyl adjacent to an activating group) is 1. The number of benzene rings is 2. The number of rotatable bonds is 8. The molecule has 5 nitrogen and oxygen atoms in total. The van der Waals surface area contributed by atoms with Crippen LogP contribution in [0.3, 0.4) is 0 Å². The van der Waals surface area contributed by atoms with Crippen LogP contribution in [-0.4, -0.2) is 31.7 Å². The number of nitrogens with zero attached hydrogens (tertiary/aromatic N) is 1. The smallest absolute Gasteiger partial charge is 0.243 e. The molecule has 0 saturated heterocycles. The molecule has 2 rings (SSSR count). The van der Waals surface area contributed by atoms with Crippen molar-refractivity contribution in [3.8, 4) is 0 Å². The Bertz CT molecular complexity index is 874. The molecule has 1 amide bonds. The highest BCUT2D eigenvalue weighted by molar-refractivity contribution is 7.89. The average Bonchev–Trinajstić information content (AvgIpc) is 2.66. The zero-order chi connectivity index (χ0) is 20.0. The molecule has 0 fully saturated rings. The summed E-state index contributed by atoms with van der Waals surface area (Å²) in [4.78, 5) is 12.5. The number of carbonyl (C=O) groups is 1. The van der Waals surface area contributed by atoms with Gasteiger partial charge >= 0.3 is 0 Å². The van der Waals surface area contributed by atoms with Gasteiger partial charge in [0.15, 0.2) is 0 Å². The maximum atomic E-state index is 13.1. The predicted octanol–water partition coefficient (Wildman–Crippen LogP) is 3.60. The molecule has 0 aliphatic heterocycles. The summed E-state index contributed by atoms with van der Waals surface area (Å²) in [6, 6.07) is 10.4. The van der Waals surface area contributed by atoms with Gasteiger partial charge in [0.2, 0.25) is 15.9 Å². The van der Waals surface area contributed by atoms with E-state index in [0.29, 0.717) is 0 Å². The van der Waals surface area contributed by atoms with Gasteiger partial charge < -0.3 is 5.32 Å². The van der Waals surface area contributed by atoms with E-state index in [1.807, 2.05) is 32.0 Å². The summed E-state index contributed by atoms with van der Waals surface area (Å²) in [5.74, 6) is -0.920. The largest absolute Gasteiger partial charge is 0.324 e. The van der Waals surface area contributed by atoms with E-state index in [1.54, 1.807) is 6.92 Å². The molecule has 0 aliphatic carbocycles. The van der Waals surface area contributed by atoms with Gasteiger partial charge in [-0.25, -0.2) is 12.8 Å². The van der Waals surface area contributed by atoms with Crippen LogP contribution in [0.5, 0.6) is 0 Å². The average molecular weight is 392 g/mol. The fourth-order valence-electron chi connectivity index (χ4n) is 2.86. The Hall–Kier alpha value is -2.25. The molecule has 0 bridgehead atoms. The lowest BCUT2D eigenvalue weighted by Crippen LogP contribution is -2.38. The van der Waals surface area contributed by atoms with Gasteiger partial charge in [-0.1, -0.05) is 39.0 Å². The van der Waals surface area contributed by atoms with Crippen LogP contribution in [0.4, 0.5) is 10.1 Å². The first-order valence-electron chi connectivity index (χ1n) is 8.99. The van der Waals surface area contributed by atoms with Crippen LogP contribution in [-0.2, 0) is 27.7 Å². The third-order valence-corrected chi connectivity index (χ3v) is 6.32. The van der Waals surface area contributed by atoms with Crippen LogP contribution in [0, 0.1) is 5.82 Å². The fourth-order valence-corrected chi connectivity index (χ4v) is 4.27. The van der Waals surface area contributed by atoms with Gasteiger partial charge in [-0.2, -0.15) is 4.31 Å². The summed E-state index contributed by atoms with van der Waals surface area (Å²) >= 11 is 0. The number of anilines is 1. The molecular weight excluding hydrogens is 367 g/mol. The minimum Gasteiger partial charge on any atom is -0.324 e. The maximum absolute atomic E-state index is 13.1. The third-order valence-electron chi connectivity index (χ3n) is 4.39. The highest BCUT2D eigenvalue weighted by Crippen LogP contribution is 2.23. The van der Waals surface area contributed by atoms with Crippen LogP contribution in [0.25, 0.3) is 0 Å². The highest BCUT2D eigenvalue weighted by Gasteiger charge is 2.25. The zero-order valence-corrected chi connectivity index (χ0v) is 16.6. The van der Waals surface area contributed by atoms with Crippen LogP contribution >= 0.6 is 0 Å². The summed E-state index contributed by atoms with van der Waals surface area (Å²) < 4.78 is 39.6. The Morgan fingerprint density at radius 1 is 1.00 bits per heavy atom. The van der Waals surface area contributed by atoms with Gasteiger partial charge in [0.25, 0.3) is 0 Å². The number of carbonyl (C=O) groups excluding carboxylic acids is 1. The molecule has 0 aromatic heterocycles. The Morgan fingerprint density at radius 2 is 1.56 bits per heavy atom. The Labute approximate surface area is 160 Å². The van der Waals surface area contributed by atoms with Crippen molar-refractivity contribution in [2.75, 3.05) is 18.4 Å². The zero-order valence-electron chi connectivity index (χ0n) is 15.8. The van der Waals surface area contributed by atoms with E-state index in [4.69, 9.17) is 0 Å². The van der Waals surface area contributed by atoms with Crippen LogP contribution < -0.4 is 5.32 Å². The molecule has 7 heteroatoms. The van der Waals surface area contributed by atoms with Gasteiger partial charge in [-0.15, -0.1) is 0 Å². The summed E-state index contributed by atoms with van der Waals surface area (Å²) in [5, 5.41) is 2.87. The van der Waals surface area contributed by atoms with Crippen molar-refractivity contribution in [1.29, 1.82) is 0 Å². The van der Waals surface area contributed by atoms with Gasteiger partial charge in [-0.05, 0) is 48.2 Å². The summed E-state index contributed by atoms with van der Waals surface area (Å²) in [6.45, 7) is 5.48. The summed E-state index contributed by atoms with van der Waals surface area (Å²) in [7, 11) is -3.88. The van der Waals surface area contributed by atoms with Gasteiger partial charge in [0.05, 0.1) is 11.4 Å². The van der Waals surface area contributed by atoms with Crippen molar-refractivity contribution in [3.63, 3.8) is 0 Å². The van der Waals surface area contributed by atoms with Gasteiger partial charge in [0, 0.05) is 12.2 Å². The topological polar surface area (TPSA) is 66.5 Å². The number of hydrogen-bond acceptors (Lipinski definition) is 3. The van der Waals surface area contributed by atoms with Crippen molar-refractivity contribution in [1.82, 2.24) is 4.31 Å². The third kappa shape index (κ3) is 4.93. The molecule has 0 radical (unpaired) electrons. The molecule has 0 unspecified atom stereocenters. The highest BCUT2D eigenvalue weighted by atomic mass is 32.2. The minimum absolute atomic E-state index is 0.0400. The van der Waals surface area contributed by atoms with Crippen LogP contribution in [0.15, 0.2) is 47.4 Å². The molecule has 0 aliphatic rings. The molecule has 0 spiro atoms. The molecular formula is C20H25FN2O3S. The molecule has 2 aromatic carbocycles. The van der Waals surface area contributed by atoms with E-state index in [1.165, 1.54) is 12.1 Å². The van der Waals surface area contributed by atoms with E-state index in [9.17, 15) is 17.6 Å². The Morgan fingerprint density at radius 3 is 2.04 bits per heavy atom. The van der Waals surface area contributed by atoms with Crippen molar-refractivity contribution in [2.45, 2.75) is 38.5 Å². The minimum atomic E-state index is -3.88. The first kappa shape index (κ1) is 21.1. The second-order valence-electron chi connectivity index (χ2n) is 6.09. The molecule has 0 atom stereocenters. The number of nitrogens with one attached hydrogen (secondary N) is 1. The quantitative estimate of drug-likeness (QED) is 0.746. The van der Waals surface area contributed by atoms with Crippen molar-refractivity contribution >= 4 is 21.6 Å². The van der Waals surface area contributed by atoms with Gasteiger partial charge in [-0.3, -0.25) is 4.79 Å². The molecule has 2 aromatic rings. The Balaban J connectivity index is 2.22. The number of aryl methyl sites for hydroxylation is 2. The maximum Gasteiger partial charge on any atom is 0.243 e.